The maximum Gasteiger partial charge on any atom is 0.346 e. The SMILES string of the molecule is Cc1c(C(=O)O)sc2[nH]c(=O)n(C(C)(C)C(=O)NC(C)C)c(=O)c12. The van der Waals surface area contributed by atoms with E-state index in [9.17, 15) is 24.3 Å². The fraction of sp³-hybridized carbons (Fsp3) is 0.467. The third kappa shape index (κ3) is 2.75. The van der Waals surface area contributed by atoms with Crippen molar-refractivity contribution in [2.75, 3.05) is 0 Å². The molecule has 0 spiro atoms. The first-order valence-electron chi connectivity index (χ1n) is 7.31. The molecule has 24 heavy (non-hydrogen) atoms. The minimum absolute atomic E-state index is 0.0139. The third-order valence-electron chi connectivity index (χ3n) is 3.72. The zero-order valence-electron chi connectivity index (χ0n) is 14.0. The summed E-state index contributed by atoms with van der Waals surface area (Å²) >= 11 is 0.830. The average Bonchev–Trinajstić information content (AvgIpc) is 2.74. The largest absolute Gasteiger partial charge is 0.477 e. The minimum atomic E-state index is -1.43. The molecule has 1 amide bonds. The number of carboxylic acids is 1. The summed E-state index contributed by atoms with van der Waals surface area (Å²) in [5.74, 6) is -1.65. The summed E-state index contributed by atoms with van der Waals surface area (Å²) in [5, 5.41) is 12.0. The highest BCUT2D eigenvalue weighted by molar-refractivity contribution is 7.20. The van der Waals surface area contributed by atoms with Crippen LogP contribution in [-0.4, -0.2) is 32.6 Å². The van der Waals surface area contributed by atoms with Gasteiger partial charge < -0.3 is 10.4 Å². The quantitative estimate of drug-likeness (QED) is 0.757. The first-order valence-corrected chi connectivity index (χ1v) is 8.13. The van der Waals surface area contributed by atoms with E-state index in [1.807, 2.05) is 0 Å². The van der Waals surface area contributed by atoms with Crippen molar-refractivity contribution in [3.05, 3.63) is 31.3 Å². The van der Waals surface area contributed by atoms with E-state index in [4.69, 9.17) is 0 Å². The molecular weight excluding hydrogens is 334 g/mol. The number of hydrogen-bond donors (Lipinski definition) is 3. The Morgan fingerprint density at radius 2 is 1.88 bits per heavy atom. The number of hydrogen-bond acceptors (Lipinski definition) is 5. The van der Waals surface area contributed by atoms with Crippen LogP contribution in [0.1, 0.15) is 42.9 Å². The molecule has 0 unspecified atom stereocenters. The van der Waals surface area contributed by atoms with Crippen LogP contribution in [0.25, 0.3) is 10.2 Å². The number of thiophene rings is 1. The second-order valence-corrected chi connectivity index (χ2v) is 7.34. The molecule has 0 aliphatic carbocycles. The number of carbonyl (C=O) groups is 2. The predicted octanol–water partition coefficient (Wildman–Crippen LogP) is 1.02. The van der Waals surface area contributed by atoms with Crippen LogP contribution >= 0.6 is 11.3 Å². The maximum absolute atomic E-state index is 12.8. The van der Waals surface area contributed by atoms with Crippen LogP contribution in [0.15, 0.2) is 9.59 Å². The molecule has 2 heterocycles. The number of nitrogens with one attached hydrogen (secondary N) is 2. The van der Waals surface area contributed by atoms with Gasteiger partial charge in [-0.05, 0) is 40.2 Å². The summed E-state index contributed by atoms with van der Waals surface area (Å²) in [6.07, 6.45) is 0. The molecule has 0 saturated carbocycles. The van der Waals surface area contributed by atoms with Crippen LogP contribution in [0, 0.1) is 6.92 Å². The molecule has 3 N–H and O–H groups in total. The second-order valence-electron chi connectivity index (χ2n) is 6.32. The van der Waals surface area contributed by atoms with Crippen LogP contribution in [-0.2, 0) is 10.3 Å². The van der Waals surface area contributed by atoms with Crippen molar-refractivity contribution in [3.8, 4) is 0 Å². The molecule has 2 aromatic rings. The van der Waals surface area contributed by atoms with Gasteiger partial charge in [0, 0.05) is 6.04 Å². The zero-order valence-corrected chi connectivity index (χ0v) is 14.8. The monoisotopic (exact) mass is 353 g/mol. The molecule has 0 fully saturated rings. The second kappa shape index (κ2) is 5.90. The number of aryl methyl sites for hydroxylation is 1. The van der Waals surface area contributed by atoms with E-state index >= 15 is 0 Å². The Labute approximate surface area is 141 Å². The highest BCUT2D eigenvalue weighted by Crippen LogP contribution is 2.26. The smallest absolute Gasteiger partial charge is 0.346 e. The van der Waals surface area contributed by atoms with Gasteiger partial charge >= 0.3 is 11.7 Å². The number of rotatable bonds is 4. The predicted molar refractivity (Wildman–Crippen MR) is 91.0 cm³/mol. The molecular formula is C15H19N3O5S. The van der Waals surface area contributed by atoms with Crippen molar-refractivity contribution in [3.63, 3.8) is 0 Å². The van der Waals surface area contributed by atoms with Gasteiger partial charge in [0.05, 0.1) is 5.39 Å². The number of amides is 1. The lowest BCUT2D eigenvalue weighted by Crippen LogP contribution is -2.55. The van der Waals surface area contributed by atoms with Gasteiger partial charge in [0.1, 0.15) is 15.2 Å². The van der Waals surface area contributed by atoms with Gasteiger partial charge in [-0.2, -0.15) is 0 Å². The lowest BCUT2D eigenvalue weighted by molar-refractivity contribution is -0.129. The van der Waals surface area contributed by atoms with Gasteiger partial charge in [0.2, 0.25) is 5.91 Å². The van der Waals surface area contributed by atoms with Gasteiger partial charge in [-0.1, -0.05) is 0 Å². The molecule has 130 valence electrons. The number of nitrogens with zero attached hydrogens (tertiary/aromatic N) is 1. The van der Waals surface area contributed by atoms with Crippen molar-refractivity contribution in [2.24, 2.45) is 0 Å². The molecule has 9 heteroatoms. The lowest BCUT2D eigenvalue weighted by atomic mass is 10.0. The number of aromatic amines is 1. The number of aromatic carboxylic acids is 1. The zero-order chi connectivity index (χ0) is 18.4. The van der Waals surface area contributed by atoms with E-state index in [2.05, 4.69) is 10.3 Å². The fourth-order valence-corrected chi connectivity index (χ4v) is 3.50. The van der Waals surface area contributed by atoms with Gasteiger partial charge in [0.15, 0.2) is 0 Å². The summed E-state index contributed by atoms with van der Waals surface area (Å²) in [5.41, 5.74) is -2.59. The summed E-state index contributed by atoms with van der Waals surface area (Å²) in [6, 6.07) is -0.156. The molecule has 0 atom stereocenters. The molecule has 0 radical (unpaired) electrons. The fourth-order valence-electron chi connectivity index (χ4n) is 2.47. The summed E-state index contributed by atoms with van der Waals surface area (Å²) < 4.78 is 0.832. The average molecular weight is 353 g/mol. The minimum Gasteiger partial charge on any atom is -0.477 e. The molecule has 8 nitrogen and oxygen atoms in total. The first kappa shape index (κ1) is 17.9. The van der Waals surface area contributed by atoms with Gasteiger partial charge in [0.25, 0.3) is 5.56 Å². The maximum atomic E-state index is 12.8. The number of aromatic nitrogens is 2. The number of fused-ring (bicyclic) bond motifs is 1. The Bertz CT molecular complexity index is 948. The van der Waals surface area contributed by atoms with Crippen molar-refractivity contribution in [2.45, 2.75) is 46.2 Å². The molecule has 2 rings (SSSR count). The molecule has 0 aromatic carbocycles. The van der Waals surface area contributed by atoms with Crippen LogP contribution in [0.3, 0.4) is 0 Å². The number of carbonyl (C=O) groups excluding carboxylic acids is 1. The summed E-state index contributed by atoms with van der Waals surface area (Å²) in [7, 11) is 0. The van der Waals surface area contributed by atoms with Crippen molar-refractivity contribution in [1.82, 2.24) is 14.9 Å². The van der Waals surface area contributed by atoms with Crippen LogP contribution in [0.5, 0.6) is 0 Å². The molecule has 0 bridgehead atoms. The number of H-pyrrole nitrogens is 1. The lowest BCUT2D eigenvalue weighted by Gasteiger charge is -2.26. The molecule has 0 aliphatic rings. The van der Waals surface area contributed by atoms with Gasteiger partial charge in [-0.3, -0.25) is 14.6 Å². The third-order valence-corrected chi connectivity index (χ3v) is 4.91. The highest BCUT2D eigenvalue weighted by Gasteiger charge is 2.34. The molecule has 2 aromatic heterocycles. The first-order chi connectivity index (χ1) is 11.0. The van der Waals surface area contributed by atoms with Crippen molar-refractivity contribution in [1.29, 1.82) is 0 Å². The van der Waals surface area contributed by atoms with E-state index in [-0.39, 0.29) is 26.7 Å². The van der Waals surface area contributed by atoms with Crippen LogP contribution < -0.4 is 16.6 Å². The van der Waals surface area contributed by atoms with Crippen LogP contribution in [0.4, 0.5) is 0 Å². The van der Waals surface area contributed by atoms with E-state index in [0.29, 0.717) is 0 Å². The standard InChI is InChI=1S/C15H19N3O5S/c1-6(2)16-13(22)15(4,5)18-11(19)8-7(3)9(12(20)21)24-10(8)17-14(18)23/h6H,1-5H3,(H,16,22)(H,17,23)(H,20,21). The Morgan fingerprint density at radius 1 is 1.29 bits per heavy atom. The van der Waals surface area contributed by atoms with Crippen molar-refractivity contribution < 1.29 is 14.7 Å². The van der Waals surface area contributed by atoms with E-state index in [0.717, 1.165) is 15.9 Å². The Kier molecular flexibility index (Phi) is 4.40. The Morgan fingerprint density at radius 3 is 2.38 bits per heavy atom. The highest BCUT2D eigenvalue weighted by atomic mass is 32.1. The summed E-state index contributed by atoms with van der Waals surface area (Å²) in [6.45, 7) is 7.98. The topological polar surface area (TPSA) is 121 Å². The van der Waals surface area contributed by atoms with Gasteiger partial charge in [-0.25, -0.2) is 14.2 Å². The Hall–Kier alpha value is -2.42. The summed E-state index contributed by atoms with van der Waals surface area (Å²) in [4.78, 5) is 51.5. The van der Waals surface area contributed by atoms with E-state index < -0.39 is 28.7 Å². The Balaban J connectivity index is 2.79. The van der Waals surface area contributed by atoms with E-state index in [1.54, 1.807) is 13.8 Å². The van der Waals surface area contributed by atoms with Gasteiger partial charge in [-0.15, -0.1) is 11.3 Å². The number of carboxylic acid groups (broad SMARTS) is 1. The van der Waals surface area contributed by atoms with Crippen LogP contribution in [0.2, 0.25) is 0 Å². The van der Waals surface area contributed by atoms with Crippen molar-refractivity contribution >= 4 is 33.4 Å². The van der Waals surface area contributed by atoms with E-state index in [1.165, 1.54) is 20.8 Å². The molecule has 0 saturated heterocycles. The normalized spacial score (nSPS) is 11.9. The molecule has 0 aliphatic heterocycles.